The van der Waals surface area contributed by atoms with E-state index in [2.05, 4.69) is 27.1 Å². The number of hydrogen-bond donors (Lipinski definition) is 3. The van der Waals surface area contributed by atoms with Gasteiger partial charge in [-0.3, -0.25) is 0 Å². The maximum absolute atomic E-state index is 13.4. The second kappa shape index (κ2) is 9.27. The molecule has 124 valence electrons. The van der Waals surface area contributed by atoms with Crippen LogP contribution in [0.4, 0.5) is 4.39 Å². The largest absolute Gasteiger partial charge is 0.392 e. The van der Waals surface area contributed by atoms with Gasteiger partial charge in [0.15, 0.2) is 5.96 Å². The topological polar surface area (TPSA) is 56.7 Å². The Morgan fingerprint density at radius 3 is 2.87 bits per heavy atom. The molecular weight excluding hydrogens is 313 g/mol. The number of rotatable bonds is 7. The maximum atomic E-state index is 13.4. The first-order valence-electron chi connectivity index (χ1n) is 7.65. The van der Waals surface area contributed by atoms with Gasteiger partial charge in [0.2, 0.25) is 0 Å². The fourth-order valence-corrected chi connectivity index (χ4v) is 2.83. The maximum Gasteiger partial charge on any atom is 0.191 e. The lowest BCUT2D eigenvalue weighted by molar-refractivity contribution is 0.275. The molecule has 0 saturated carbocycles. The summed E-state index contributed by atoms with van der Waals surface area (Å²) in [6.45, 7) is 3.72. The van der Waals surface area contributed by atoms with E-state index in [0.29, 0.717) is 12.1 Å². The Morgan fingerprint density at radius 2 is 2.17 bits per heavy atom. The van der Waals surface area contributed by atoms with E-state index in [-0.39, 0.29) is 12.4 Å². The van der Waals surface area contributed by atoms with Gasteiger partial charge in [-0.25, -0.2) is 9.38 Å². The Labute approximate surface area is 140 Å². The van der Waals surface area contributed by atoms with E-state index < -0.39 is 0 Å². The van der Waals surface area contributed by atoms with Crippen molar-refractivity contribution in [1.29, 1.82) is 0 Å². The molecule has 0 aliphatic heterocycles. The van der Waals surface area contributed by atoms with E-state index in [1.807, 2.05) is 13.0 Å². The molecule has 0 saturated heterocycles. The standard InChI is InChI=1S/C17H22FN3OS/c1-2-19-17(20-8-7-15-4-3-9-23-15)21-11-13-5-6-16(18)14(10-13)12-22/h3-6,9-10,22H,2,7-8,11-12H2,1H3,(H2,19,20,21). The highest BCUT2D eigenvalue weighted by molar-refractivity contribution is 7.09. The van der Waals surface area contributed by atoms with Gasteiger partial charge in [-0.05, 0) is 42.5 Å². The summed E-state index contributed by atoms with van der Waals surface area (Å²) < 4.78 is 13.4. The van der Waals surface area contributed by atoms with Crippen LogP contribution in [0.25, 0.3) is 0 Å². The van der Waals surface area contributed by atoms with Crippen molar-refractivity contribution in [3.8, 4) is 0 Å². The van der Waals surface area contributed by atoms with Crippen LogP contribution in [0.3, 0.4) is 0 Å². The molecule has 0 fully saturated rings. The molecule has 0 unspecified atom stereocenters. The van der Waals surface area contributed by atoms with E-state index in [0.717, 1.165) is 31.0 Å². The van der Waals surface area contributed by atoms with Crippen LogP contribution in [-0.4, -0.2) is 24.2 Å². The number of hydrogen-bond acceptors (Lipinski definition) is 3. The molecule has 0 aliphatic rings. The fourth-order valence-electron chi connectivity index (χ4n) is 2.12. The SMILES string of the molecule is CCNC(=NCc1ccc(F)c(CO)c1)NCCc1cccs1. The first kappa shape index (κ1) is 17.4. The Balaban J connectivity index is 1.92. The zero-order chi connectivity index (χ0) is 16.5. The lowest BCUT2D eigenvalue weighted by Crippen LogP contribution is -2.38. The molecular formula is C17H22FN3OS. The van der Waals surface area contributed by atoms with E-state index in [4.69, 9.17) is 5.11 Å². The first-order valence-corrected chi connectivity index (χ1v) is 8.53. The van der Waals surface area contributed by atoms with Gasteiger partial charge in [0.05, 0.1) is 13.2 Å². The molecule has 23 heavy (non-hydrogen) atoms. The van der Waals surface area contributed by atoms with Crippen LogP contribution in [0.2, 0.25) is 0 Å². The Morgan fingerprint density at radius 1 is 1.30 bits per heavy atom. The van der Waals surface area contributed by atoms with E-state index in [1.54, 1.807) is 23.5 Å². The van der Waals surface area contributed by atoms with Gasteiger partial charge in [-0.15, -0.1) is 11.3 Å². The molecule has 1 heterocycles. The Kier molecular flexibility index (Phi) is 7.03. The van der Waals surface area contributed by atoms with Crippen molar-refractivity contribution >= 4 is 17.3 Å². The van der Waals surface area contributed by atoms with Crippen molar-refractivity contribution in [3.63, 3.8) is 0 Å². The van der Waals surface area contributed by atoms with Crippen molar-refractivity contribution in [2.45, 2.75) is 26.5 Å². The van der Waals surface area contributed by atoms with Crippen molar-refractivity contribution in [2.75, 3.05) is 13.1 Å². The van der Waals surface area contributed by atoms with Crippen LogP contribution in [0.5, 0.6) is 0 Å². The molecule has 0 radical (unpaired) electrons. The minimum absolute atomic E-state index is 0.299. The second-order valence-corrected chi connectivity index (χ2v) is 6.07. The third-order valence-corrected chi connectivity index (χ3v) is 4.22. The number of aliphatic hydroxyl groups is 1. The molecule has 1 aromatic heterocycles. The van der Waals surface area contributed by atoms with E-state index in [1.165, 1.54) is 10.9 Å². The van der Waals surface area contributed by atoms with Crippen LogP contribution >= 0.6 is 11.3 Å². The number of benzene rings is 1. The third kappa shape index (κ3) is 5.65. The van der Waals surface area contributed by atoms with Gasteiger partial charge in [0.25, 0.3) is 0 Å². The quantitative estimate of drug-likeness (QED) is 0.539. The lowest BCUT2D eigenvalue weighted by Gasteiger charge is -2.11. The number of aliphatic imine (C=N–C) groups is 1. The van der Waals surface area contributed by atoms with Gasteiger partial charge >= 0.3 is 0 Å². The van der Waals surface area contributed by atoms with Crippen LogP contribution in [0, 0.1) is 5.82 Å². The summed E-state index contributed by atoms with van der Waals surface area (Å²) in [5.41, 5.74) is 1.17. The first-order chi connectivity index (χ1) is 11.2. The molecule has 0 spiro atoms. The zero-order valence-corrected chi connectivity index (χ0v) is 14.0. The number of guanidine groups is 1. The number of aliphatic hydroxyl groups excluding tert-OH is 1. The molecule has 0 aliphatic carbocycles. The van der Waals surface area contributed by atoms with Crippen LogP contribution in [0.15, 0.2) is 40.7 Å². The second-order valence-electron chi connectivity index (χ2n) is 5.04. The number of nitrogens with one attached hydrogen (secondary N) is 2. The van der Waals surface area contributed by atoms with E-state index in [9.17, 15) is 4.39 Å². The fraction of sp³-hybridized carbons (Fsp3) is 0.353. The minimum atomic E-state index is -0.388. The normalized spacial score (nSPS) is 11.5. The summed E-state index contributed by atoms with van der Waals surface area (Å²) >= 11 is 1.74. The highest BCUT2D eigenvalue weighted by atomic mass is 32.1. The van der Waals surface area contributed by atoms with Crippen LogP contribution < -0.4 is 10.6 Å². The molecule has 0 bridgehead atoms. The Bertz CT molecular complexity index is 629. The zero-order valence-electron chi connectivity index (χ0n) is 13.2. The lowest BCUT2D eigenvalue weighted by atomic mass is 10.1. The molecule has 2 aromatic rings. The van der Waals surface area contributed by atoms with Gasteiger partial charge in [-0.2, -0.15) is 0 Å². The summed E-state index contributed by atoms with van der Waals surface area (Å²) in [7, 11) is 0. The predicted octanol–water partition coefficient (Wildman–Crippen LogP) is 2.68. The summed E-state index contributed by atoms with van der Waals surface area (Å²) in [5, 5.41) is 17.7. The molecule has 3 N–H and O–H groups in total. The molecule has 1 aromatic carbocycles. The molecule has 0 amide bonds. The van der Waals surface area contributed by atoms with Crippen LogP contribution in [-0.2, 0) is 19.6 Å². The smallest absolute Gasteiger partial charge is 0.191 e. The van der Waals surface area contributed by atoms with Gasteiger partial charge in [0.1, 0.15) is 5.82 Å². The number of nitrogens with zero attached hydrogens (tertiary/aromatic N) is 1. The van der Waals surface area contributed by atoms with Crippen LogP contribution in [0.1, 0.15) is 22.9 Å². The van der Waals surface area contributed by atoms with Crippen molar-refractivity contribution < 1.29 is 9.50 Å². The average molecular weight is 335 g/mol. The number of halogens is 1. The summed E-state index contributed by atoms with van der Waals surface area (Å²) in [5.74, 6) is 0.347. The molecule has 2 rings (SSSR count). The monoisotopic (exact) mass is 335 g/mol. The van der Waals surface area contributed by atoms with Crippen molar-refractivity contribution in [2.24, 2.45) is 4.99 Å². The van der Waals surface area contributed by atoms with E-state index >= 15 is 0 Å². The van der Waals surface area contributed by atoms with Crippen molar-refractivity contribution in [3.05, 3.63) is 57.5 Å². The average Bonchev–Trinajstić information content (AvgIpc) is 3.07. The minimum Gasteiger partial charge on any atom is -0.392 e. The summed E-state index contributed by atoms with van der Waals surface area (Å²) in [6, 6.07) is 8.87. The molecule has 6 heteroatoms. The third-order valence-electron chi connectivity index (χ3n) is 3.29. The Hall–Kier alpha value is -1.92. The summed E-state index contributed by atoms with van der Waals surface area (Å²) in [4.78, 5) is 5.83. The van der Waals surface area contributed by atoms with Gasteiger partial charge in [-0.1, -0.05) is 12.1 Å². The van der Waals surface area contributed by atoms with Gasteiger partial charge in [0, 0.05) is 23.5 Å². The highest BCUT2D eigenvalue weighted by Crippen LogP contribution is 2.11. The summed E-state index contributed by atoms with van der Waals surface area (Å²) in [6.07, 6.45) is 0.952. The number of thiophene rings is 1. The predicted molar refractivity (Wildman–Crippen MR) is 93.2 cm³/mol. The highest BCUT2D eigenvalue weighted by Gasteiger charge is 2.03. The van der Waals surface area contributed by atoms with Crippen molar-refractivity contribution in [1.82, 2.24) is 10.6 Å². The molecule has 0 atom stereocenters. The molecule has 4 nitrogen and oxygen atoms in total. The van der Waals surface area contributed by atoms with Gasteiger partial charge < -0.3 is 15.7 Å².